The predicted molar refractivity (Wildman–Crippen MR) is 74.5 cm³/mol. The largest absolute Gasteiger partial charge is 0.398 e. The van der Waals surface area contributed by atoms with E-state index in [1.165, 1.54) is 25.1 Å². The highest BCUT2D eigenvalue weighted by Crippen LogP contribution is 2.24. The van der Waals surface area contributed by atoms with E-state index in [9.17, 15) is 0 Å². The van der Waals surface area contributed by atoms with Crippen molar-refractivity contribution >= 4 is 11.4 Å². The monoisotopic (exact) mass is 233 g/mol. The van der Waals surface area contributed by atoms with Crippen molar-refractivity contribution in [1.82, 2.24) is 4.90 Å². The molecule has 0 spiro atoms. The number of likely N-dealkylation sites (tertiary alicyclic amines) is 1. The zero-order valence-electron chi connectivity index (χ0n) is 11.1. The summed E-state index contributed by atoms with van der Waals surface area (Å²) in [5.41, 5.74) is 9.25. The van der Waals surface area contributed by atoms with E-state index >= 15 is 0 Å². The number of piperidine rings is 1. The Bertz CT molecular complexity index is 389. The molecule has 1 aliphatic heterocycles. The van der Waals surface area contributed by atoms with Gasteiger partial charge in [0, 0.05) is 31.0 Å². The van der Waals surface area contributed by atoms with Crippen LogP contribution in [0.15, 0.2) is 18.2 Å². The molecule has 1 heterocycles. The zero-order chi connectivity index (χ0) is 12.4. The van der Waals surface area contributed by atoms with Crippen LogP contribution < -0.4 is 10.6 Å². The van der Waals surface area contributed by atoms with E-state index in [1.807, 2.05) is 6.92 Å². The SMILES string of the molecule is Cc1ccc(N(C)C2CCCN(C)C2)cc1N. The van der Waals surface area contributed by atoms with E-state index in [0.29, 0.717) is 6.04 Å². The zero-order valence-corrected chi connectivity index (χ0v) is 11.1. The van der Waals surface area contributed by atoms with E-state index in [4.69, 9.17) is 5.73 Å². The van der Waals surface area contributed by atoms with Gasteiger partial charge < -0.3 is 15.5 Å². The van der Waals surface area contributed by atoms with Gasteiger partial charge in [0.1, 0.15) is 0 Å². The van der Waals surface area contributed by atoms with Gasteiger partial charge in [-0.25, -0.2) is 0 Å². The molecule has 1 atom stereocenters. The van der Waals surface area contributed by atoms with Crippen LogP contribution in [-0.4, -0.2) is 38.1 Å². The van der Waals surface area contributed by atoms with Gasteiger partial charge in [-0.15, -0.1) is 0 Å². The topological polar surface area (TPSA) is 32.5 Å². The molecule has 94 valence electrons. The Hall–Kier alpha value is -1.22. The van der Waals surface area contributed by atoms with Crippen LogP contribution in [0.1, 0.15) is 18.4 Å². The molecule has 3 nitrogen and oxygen atoms in total. The fraction of sp³-hybridized carbons (Fsp3) is 0.571. The van der Waals surface area contributed by atoms with Crippen molar-refractivity contribution in [3.8, 4) is 0 Å². The average molecular weight is 233 g/mol. The van der Waals surface area contributed by atoms with Crippen molar-refractivity contribution in [1.29, 1.82) is 0 Å². The van der Waals surface area contributed by atoms with Gasteiger partial charge in [0.25, 0.3) is 0 Å². The van der Waals surface area contributed by atoms with E-state index in [1.54, 1.807) is 0 Å². The minimum absolute atomic E-state index is 0.607. The second-order valence-corrected chi connectivity index (χ2v) is 5.21. The molecule has 1 aromatic carbocycles. The second kappa shape index (κ2) is 4.96. The molecule has 2 rings (SSSR count). The maximum atomic E-state index is 5.98. The standard InChI is InChI=1S/C14H23N3/c1-11-6-7-12(9-14(11)15)17(3)13-5-4-8-16(2)10-13/h6-7,9,13H,4-5,8,10,15H2,1-3H3. The summed E-state index contributed by atoms with van der Waals surface area (Å²) in [5, 5.41) is 0. The number of hydrogen-bond donors (Lipinski definition) is 1. The lowest BCUT2D eigenvalue weighted by molar-refractivity contribution is 0.248. The minimum atomic E-state index is 0.607. The Labute approximate surface area is 104 Å². The Morgan fingerprint density at radius 3 is 2.82 bits per heavy atom. The summed E-state index contributed by atoms with van der Waals surface area (Å²) in [6.45, 7) is 4.41. The first-order valence-corrected chi connectivity index (χ1v) is 6.35. The summed E-state index contributed by atoms with van der Waals surface area (Å²) in [5.74, 6) is 0. The summed E-state index contributed by atoms with van der Waals surface area (Å²) in [6, 6.07) is 6.97. The van der Waals surface area contributed by atoms with E-state index < -0.39 is 0 Å². The van der Waals surface area contributed by atoms with Crippen molar-refractivity contribution in [3.63, 3.8) is 0 Å². The lowest BCUT2D eigenvalue weighted by Gasteiger charge is -2.37. The van der Waals surface area contributed by atoms with Gasteiger partial charge in [-0.2, -0.15) is 0 Å². The molecule has 0 saturated carbocycles. The molecule has 3 heteroatoms. The summed E-state index contributed by atoms with van der Waals surface area (Å²) >= 11 is 0. The highest BCUT2D eigenvalue weighted by molar-refractivity contribution is 5.59. The molecule has 17 heavy (non-hydrogen) atoms. The van der Waals surface area contributed by atoms with Crippen molar-refractivity contribution in [3.05, 3.63) is 23.8 Å². The van der Waals surface area contributed by atoms with Gasteiger partial charge in [-0.1, -0.05) is 6.07 Å². The molecule has 1 saturated heterocycles. The molecule has 1 aromatic rings. The number of aryl methyl sites for hydroxylation is 1. The Balaban J connectivity index is 2.12. The fourth-order valence-corrected chi connectivity index (χ4v) is 2.51. The Kier molecular flexibility index (Phi) is 3.57. The molecule has 1 fully saturated rings. The van der Waals surface area contributed by atoms with Crippen LogP contribution in [-0.2, 0) is 0 Å². The van der Waals surface area contributed by atoms with Crippen molar-refractivity contribution < 1.29 is 0 Å². The van der Waals surface area contributed by atoms with Gasteiger partial charge >= 0.3 is 0 Å². The molecular formula is C14H23N3. The third kappa shape index (κ3) is 2.72. The summed E-state index contributed by atoms with van der Waals surface area (Å²) in [6.07, 6.45) is 2.56. The van der Waals surface area contributed by atoms with Gasteiger partial charge in [0.05, 0.1) is 0 Å². The molecule has 0 aliphatic carbocycles. The van der Waals surface area contributed by atoms with Gasteiger partial charge in [-0.05, 0) is 51.1 Å². The quantitative estimate of drug-likeness (QED) is 0.794. The molecule has 0 amide bonds. The smallest absolute Gasteiger partial charge is 0.0414 e. The number of hydrogen-bond acceptors (Lipinski definition) is 3. The van der Waals surface area contributed by atoms with Crippen molar-refractivity contribution in [2.24, 2.45) is 0 Å². The van der Waals surface area contributed by atoms with Crippen LogP contribution in [0, 0.1) is 6.92 Å². The highest BCUT2D eigenvalue weighted by Gasteiger charge is 2.21. The first-order chi connectivity index (χ1) is 8.08. The number of rotatable bonds is 2. The van der Waals surface area contributed by atoms with E-state index in [-0.39, 0.29) is 0 Å². The predicted octanol–water partition coefficient (Wildman–Crippen LogP) is 2.11. The number of nitrogens with zero attached hydrogens (tertiary/aromatic N) is 2. The Morgan fingerprint density at radius 1 is 1.41 bits per heavy atom. The van der Waals surface area contributed by atoms with Crippen LogP contribution in [0.5, 0.6) is 0 Å². The first-order valence-electron chi connectivity index (χ1n) is 6.35. The summed E-state index contributed by atoms with van der Waals surface area (Å²) in [7, 11) is 4.37. The second-order valence-electron chi connectivity index (χ2n) is 5.21. The van der Waals surface area contributed by atoms with E-state index in [2.05, 4.69) is 42.1 Å². The summed E-state index contributed by atoms with van der Waals surface area (Å²) in [4.78, 5) is 4.77. The third-order valence-electron chi connectivity index (χ3n) is 3.82. The molecule has 1 aliphatic rings. The molecule has 0 radical (unpaired) electrons. The maximum absolute atomic E-state index is 5.98. The van der Waals surface area contributed by atoms with Crippen molar-refractivity contribution in [2.45, 2.75) is 25.8 Å². The minimum Gasteiger partial charge on any atom is -0.398 e. The maximum Gasteiger partial charge on any atom is 0.0414 e. The molecule has 0 aromatic heterocycles. The third-order valence-corrected chi connectivity index (χ3v) is 3.82. The number of anilines is 2. The number of benzene rings is 1. The highest BCUT2D eigenvalue weighted by atomic mass is 15.2. The van der Waals surface area contributed by atoms with Gasteiger partial charge in [0.2, 0.25) is 0 Å². The number of nitrogens with two attached hydrogens (primary N) is 1. The normalized spacial score (nSPS) is 21.5. The van der Waals surface area contributed by atoms with Crippen LogP contribution in [0.2, 0.25) is 0 Å². The average Bonchev–Trinajstić information content (AvgIpc) is 2.32. The Morgan fingerprint density at radius 2 is 2.18 bits per heavy atom. The van der Waals surface area contributed by atoms with Crippen LogP contribution in [0.25, 0.3) is 0 Å². The molecular weight excluding hydrogens is 210 g/mol. The summed E-state index contributed by atoms with van der Waals surface area (Å²) < 4.78 is 0. The number of nitrogen functional groups attached to an aromatic ring is 1. The lowest BCUT2D eigenvalue weighted by Crippen LogP contribution is -2.45. The van der Waals surface area contributed by atoms with Crippen molar-refractivity contribution in [2.75, 3.05) is 37.8 Å². The van der Waals surface area contributed by atoms with Crippen LogP contribution >= 0.6 is 0 Å². The first kappa shape index (κ1) is 12.2. The van der Waals surface area contributed by atoms with E-state index in [0.717, 1.165) is 17.8 Å². The van der Waals surface area contributed by atoms with Gasteiger partial charge in [-0.3, -0.25) is 0 Å². The fourth-order valence-electron chi connectivity index (χ4n) is 2.51. The molecule has 1 unspecified atom stereocenters. The van der Waals surface area contributed by atoms with Crippen LogP contribution in [0.3, 0.4) is 0 Å². The lowest BCUT2D eigenvalue weighted by atomic mass is 10.0. The molecule has 2 N–H and O–H groups in total. The number of likely N-dealkylation sites (N-methyl/N-ethyl adjacent to an activating group) is 2. The van der Waals surface area contributed by atoms with Crippen LogP contribution in [0.4, 0.5) is 11.4 Å². The van der Waals surface area contributed by atoms with Gasteiger partial charge in [0.15, 0.2) is 0 Å². The molecule has 0 bridgehead atoms.